The molecule has 1 aromatic carbocycles. The van der Waals surface area contributed by atoms with Crippen LogP contribution in [0.4, 0.5) is 5.69 Å². The van der Waals surface area contributed by atoms with Crippen molar-refractivity contribution in [1.29, 1.82) is 0 Å². The third-order valence-electron chi connectivity index (χ3n) is 3.28. The van der Waals surface area contributed by atoms with E-state index in [2.05, 4.69) is 23.0 Å². The van der Waals surface area contributed by atoms with Crippen molar-refractivity contribution in [2.24, 2.45) is 0 Å². The zero-order valence-electron chi connectivity index (χ0n) is 11.5. The van der Waals surface area contributed by atoms with Crippen LogP contribution in [0.25, 0.3) is 0 Å². The Balaban J connectivity index is 2.06. The fourth-order valence-electron chi connectivity index (χ4n) is 2.16. The lowest BCUT2D eigenvalue weighted by atomic mass is 10.1. The molecule has 1 atom stereocenters. The van der Waals surface area contributed by atoms with Gasteiger partial charge >= 0.3 is 0 Å². The van der Waals surface area contributed by atoms with Crippen LogP contribution < -0.4 is 4.90 Å². The van der Waals surface area contributed by atoms with Crippen LogP contribution in [0.3, 0.4) is 0 Å². The molecule has 0 aliphatic heterocycles. The standard InChI is InChI=1S/C16H20N2O/c1-13(19)15-5-3-4-6-16(15)18(2)12-9-14-7-10-17-11-8-14/h3-8,10-11,13,19H,9,12H2,1-2H3/t13-/m0/s1. The van der Waals surface area contributed by atoms with Crippen molar-refractivity contribution in [2.75, 3.05) is 18.5 Å². The fourth-order valence-corrected chi connectivity index (χ4v) is 2.16. The minimum absolute atomic E-state index is 0.445. The second kappa shape index (κ2) is 6.34. The minimum atomic E-state index is -0.445. The van der Waals surface area contributed by atoms with E-state index in [4.69, 9.17) is 0 Å². The molecule has 2 rings (SSSR count). The average molecular weight is 256 g/mol. The highest BCUT2D eigenvalue weighted by Crippen LogP contribution is 2.25. The monoisotopic (exact) mass is 256 g/mol. The summed E-state index contributed by atoms with van der Waals surface area (Å²) < 4.78 is 0. The molecule has 0 spiro atoms. The smallest absolute Gasteiger partial charge is 0.0781 e. The number of pyridine rings is 1. The number of aromatic nitrogens is 1. The Labute approximate surface area is 114 Å². The second-order valence-electron chi connectivity index (χ2n) is 4.76. The van der Waals surface area contributed by atoms with Crippen molar-refractivity contribution in [3.63, 3.8) is 0 Å². The van der Waals surface area contributed by atoms with Crippen LogP contribution in [0, 0.1) is 0 Å². The van der Waals surface area contributed by atoms with E-state index in [0.29, 0.717) is 0 Å². The predicted octanol–water partition coefficient (Wildman–Crippen LogP) is 2.81. The Morgan fingerprint density at radius 2 is 1.84 bits per heavy atom. The molecule has 0 bridgehead atoms. The Hall–Kier alpha value is -1.87. The number of benzene rings is 1. The van der Waals surface area contributed by atoms with Crippen molar-refractivity contribution >= 4 is 5.69 Å². The lowest BCUT2D eigenvalue weighted by Gasteiger charge is -2.23. The molecule has 0 amide bonds. The van der Waals surface area contributed by atoms with E-state index in [0.717, 1.165) is 24.2 Å². The predicted molar refractivity (Wildman–Crippen MR) is 78.3 cm³/mol. The maximum Gasteiger partial charge on any atom is 0.0781 e. The van der Waals surface area contributed by atoms with E-state index >= 15 is 0 Å². The fraction of sp³-hybridized carbons (Fsp3) is 0.312. The van der Waals surface area contributed by atoms with Crippen LogP contribution in [-0.2, 0) is 6.42 Å². The summed E-state index contributed by atoms with van der Waals surface area (Å²) in [6.45, 7) is 2.71. The molecule has 0 aliphatic carbocycles. The summed E-state index contributed by atoms with van der Waals surface area (Å²) >= 11 is 0. The van der Waals surface area contributed by atoms with Crippen molar-refractivity contribution in [3.8, 4) is 0 Å². The molecule has 0 unspecified atom stereocenters. The van der Waals surface area contributed by atoms with Crippen molar-refractivity contribution < 1.29 is 5.11 Å². The summed E-state index contributed by atoms with van der Waals surface area (Å²) in [5.41, 5.74) is 3.34. The summed E-state index contributed by atoms with van der Waals surface area (Å²) in [6, 6.07) is 12.1. The van der Waals surface area contributed by atoms with E-state index in [1.807, 2.05) is 42.7 Å². The maximum atomic E-state index is 9.80. The lowest BCUT2D eigenvalue weighted by Crippen LogP contribution is -2.22. The van der Waals surface area contributed by atoms with Crippen LogP contribution in [-0.4, -0.2) is 23.7 Å². The third-order valence-corrected chi connectivity index (χ3v) is 3.28. The molecule has 1 aromatic heterocycles. The first-order valence-corrected chi connectivity index (χ1v) is 6.55. The van der Waals surface area contributed by atoms with Gasteiger partial charge in [0.25, 0.3) is 0 Å². The Morgan fingerprint density at radius 3 is 2.53 bits per heavy atom. The second-order valence-corrected chi connectivity index (χ2v) is 4.76. The van der Waals surface area contributed by atoms with Crippen LogP contribution in [0.1, 0.15) is 24.2 Å². The van der Waals surface area contributed by atoms with Crippen molar-refractivity contribution in [2.45, 2.75) is 19.4 Å². The molecule has 1 N–H and O–H groups in total. The first-order valence-electron chi connectivity index (χ1n) is 6.55. The molecule has 19 heavy (non-hydrogen) atoms. The topological polar surface area (TPSA) is 36.4 Å². The quantitative estimate of drug-likeness (QED) is 0.893. The number of hydrogen-bond donors (Lipinski definition) is 1. The Kier molecular flexibility index (Phi) is 4.53. The van der Waals surface area contributed by atoms with Crippen molar-refractivity contribution in [1.82, 2.24) is 4.98 Å². The molecule has 3 heteroatoms. The van der Waals surface area contributed by atoms with Gasteiger partial charge in [-0.15, -0.1) is 0 Å². The van der Waals surface area contributed by atoms with Gasteiger partial charge in [-0.2, -0.15) is 0 Å². The molecule has 0 radical (unpaired) electrons. The van der Waals surface area contributed by atoms with Gasteiger partial charge in [-0.25, -0.2) is 0 Å². The summed E-state index contributed by atoms with van der Waals surface area (Å²) in [7, 11) is 2.06. The molecule has 1 heterocycles. The van der Waals surface area contributed by atoms with Gasteiger partial charge in [0.05, 0.1) is 6.10 Å². The maximum absolute atomic E-state index is 9.80. The van der Waals surface area contributed by atoms with Gasteiger partial charge in [-0.05, 0) is 37.1 Å². The SMILES string of the molecule is C[C@H](O)c1ccccc1N(C)CCc1ccncc1. The zero-order chi connectivity index (χ0) is 13.7. The normalized spacial score (nSPS) is 12.2. The third kappa shape index (κ3) is 3.55. The molecule has 100 valence electrons. The highest BCUT2D eigenvalue weighted by atomic mass is 16.3. The number of nitrogens with zero attached hydrogens (tertiary/aromatic N) is 2. The van der Waals surface area contributed by atoms with E-state index < -0.39 is 6.10 Å². The molecule has 3 nitrogen and oxygen atoms in total. The van der Waals surface area contributed by atoms with Gasteiger partial charge in [0.15, 0.2) is 0 Å². The molecule has 0 fully saturated rings. The molecule has 2 aromatic rings. The number of aliphatic hydroxyl groups is 1. The highest BCUT2D eigenvalue weighted by molar-refractivity contribution is 5.54. The van der Waals surface area contributed by atoms with Gasteiger partial charge in [0, 0.05) is 37.2 Å². The molecular weight excluding hydrogens is 236 g/mol. The summed E-state index contributed by atoms with van der Waals surface area (Å²) in [5.74, 6) is 0. The molecule has 0 aliphatic rings. The van der Waals surface area contributed by atoms with Gasteiger partial charge in [-0.3, -0.25) is 4.98 Å². The number of anilines is 1. The van der Waals surface area contributed by atoms with Gasteiger partial charge < -0.3 is 10.0 Å². The van der Waals surface area contributed by atoms with Crippen LogP contribution in [0.5, 0.6) is 0 Å². The van der Waals surface area contributed by atoms with E-state index in [-0.39, 0.29) is 0 Å². The zero-order valence-corrected chi connectivity index (χ0v) is 11.5. The van der Waals surface area contributed by atoms with E-state index in [1.54, 1.807) is 6.92 Å². The van der Waals surface area contributed by atoms with E-state index in [1.165, 1.54) is 5.56 Å². The first-order chi connectivity index (χ1) is 9.18. The molecular formula is C16H20N2O. The highest BCUT2D eigenvalue weighted by Gasteiger charge is 2.10. The number of likely N-dealkylation sites (N-methyl/N-ethyl adjacent to an activating group) is 1. The van der Waals surface area contributed by atoms with Gasteiger partial charge in [0.1, 0.15) is 0 Å². The number of rotatable bonds is 5. The van der Waals surface area contributed by atoms with Crippen LogP contribution >= 0.6 is 0 Å². The average Bonchev–Trinajstić information content (AvgIpc) is 2.46. The van der Waals surface area contributed by atoms with Gasteiger partial charge in [0.2, 0.25) is 0 Å². The Bertz CT molecular complexity index is 511. The summed E-state index contributed by atoms with van der Waals surface area (Å²) in [5, 5.41) is 9.80. The van der Waals surface area contributed by atoms with E-state index in [9.17, 15) is 5.11 Å². The largest absolute Gasteiger partial charge is 0.389 e. The van der Waals surface area contributed by atoms with Crippen molar-refractivity contribution in [3.05, 3.63) is 59.9 Å². The number of para-hydroxylation sites is 1. The number of hydrogen-bond acceptors (Lipinski definition) is 3. The number of aliphatic hydroxyl groups excluding tert-OH is 1. The molecule has 0 saturated carbocycles. The summed E-state index contributed by atoms with van der Waals surface area (Å²) in [4.78, 5) is 6.20. The van der Waals surface area contributed by atoms with Crippen LogP contribution in [0.15, 0.2) is 48.8 Å². The van der Waals surface area contributed by atoms with Gasteiger partial charge in [-0.1, -0.05) is 18.2 Å². The van der Waals surface area contributed by atoms with Crippen LogP contribution in [0.2, 0.25) is 0 Å². The minimum Gasteiger partial charge on any atom is -0.389 e. The Morgan fingerprint density at radius 1 is 1.16 bits per heavy atom. The lowest BCUT2D eigenvalue weighted by molar-refractivity contribution is 0.199. The summed E-state index contributed by atoms with van der Waals surface area (Å²) in [6.07, 6.45) is 4.16. The molecule has 0 saturated heterocycles. The first kappa shape index (κ1) is 13.6.